The molecule has 2 N–H and O–H groups in total. The molecule has 12 nitrogen and oxygen atoms in total. The molecule has 1 amide bonds. The number of nitro groups is 1. The van der Waals surface area contributed by atoms with Crippen molar-refractivity contribution in [3.05, 3.63) is 85.7 Å². The lowest BCUT2D eigenvalue weighted by atomic mass is 9.96. The van der Waals surface area contributed by atoms with Crippen LogP contribution in [0.1, 0.15) is 50.3 Å². The van der Waals surface area contributed by atoms with E-state index < -0.39 is 28.7 Å². The van der Waals surface area contributed by atoms with E-state index in [0.29, 0.717) is 28.9 Å². The summed E-state index contributed by atoms with van der Waals surface area (Å²) in [5, 5.41) is 16.8. The van der Waals surface area contributed by atoms with Crippen molar-refractivity contribution in [2.24, 2.45) is 10.8 Å². The van der Waals surface area contributed by atoms with Crippen LogP contribution in [0.3, 0.4) is 0 Å². The highest BCUT2D eigenvalue weighted by atomic mass is 16.6. The Labute approximate surface area is 247 Å². The number of carbonyl (C=O) groups is 1. The zero-order chi connectivity index (χ0) is 31.3. The molecule has 0 aliphatic rings. The molecule has 3 aromatic carbocycles. The van der Waals surface area contributed by atoms with Crippen molar-refractivity contribution < 1.29 is 23.9 Å². The first-order valence-corrected chi connectivity index (χ1v) is 13.8. The van der Waals surface area contributed by atoms with Crippen molar-refractivity contribution in [3.8, 4) is 28.6 Å². The third-order valence-electron chi connectivity index (χ3n) is 6.51. The lowest BCUT2D eigenvalue weighted by molar-refractivity contribution is -0.385. The summed E-state index contributed by atoms with van der Waals surface area (Å²) in [5.41, 5.74) is 7.49. The average Bonchev–Trinajstić information content (AvgIpc) is 2.96. The second kappa shape index (κ2) is 13.1. The second-order valence-corrected chi connectivity index (χ2v) is 9.92. The lowest BCUT2D eigenvalue weighted by Crippen LogP contribution is -2.21. The molecule has 0 unspecified atom stereocenters. The van der Waals surface area contributed by atoms with E-state index in [1.165, 1.54) is 23.0 Å². The van der Waals surface area contributed by atoms with E-state index in [-0.39, 0.29) is 29.6 Å². The Bertz CT molecular complexity index is 1780. The number of para-hydroxylation sites is 1. The topological polar surface area (TPSA) is 161 Å². The molecule has 4 aromatic rings. The van der Waals surface area contributed by atoms with Gasteiger partial charge < -0.3 is 19.9 Å². The van der Waals surface area contributed by atoms with Crippen LogP contribution >= 0.6 is 0 Å². The third-order valence-corrected chi connectivity index (χ3v) is 6.51. The highest BCUT2D eigenvalue weighted by molar-refractivity contribution is 5.85. The van der Waals surface area contributed by atoms with Gasteiger partial charge in [0.25, 0.3) is 11.5 Å². The molecule has 0 fully saturated rings. The number of amides is 1. The number of hydrogen-bond acceptors (Lipinski definition) is 9. The third kappa shape index (κ3) is 6.64. The van der Waals surface area contributed by atoms with Gasteiger partial charge in [0.15, 0.2) is 18.2 Å². The highest BCUT2D eigenvalue weighted by Gasteiger charge is 2.24. The molecule has 0 bridgehead atoms. The molecular weight excluding hydrogens is 554 g/mol. The fourth-order valence-electron chi connectivity index (χ4n) is 4.57. The van der Waals surface area contributed by atoms with Gasteiger partial charge in [-0.05, 0) is 68.1 Å². The van der Waals surface area contributed by atoms with Gasteiger partial charge >= 0.3 is 5.69 Å². The van der Waals surface area contributed by atoms with Gasteiger partial charge in [0.2, 0.25) is 5.75 Å². The van der Waals surface area contributed by atoms with Crippen LogP contribution in [-0.2, 0) is 4.79 Å². The van der Waals surface area contributed by atoms with Gasteiger partial charge in [0, 0.05) is 17.2 Å². The summed E-state index contributed by atoms with van der Waals surface area (Å²) in [7, 11) is 0. The monoisotopic (exact) mass is 587 g/mol. The Morgan fingerprint density at radius 2 is 1.79 bits per heavy atom. The lowest BCUT2D eigenvalue weighted by Gasteiger charge is -2.18. The maximum atomic E-state index is 13.8. The van der Waals surface area contributed by atoms with E-state index in [4.69, 9.17) is 24.9 Å². The Hall–Kier alpha value is -5.26. The Kier molecular flexibility index (Phi) is 9.39. The van der Waals surface area contributed by atoms with Crippen LogP contribution in [0.4, 0.5) is 5.69 Å². The Morgan fingerprint density at radius 1 is 1.09 bits per heavy atom. The summed E-state index contributed by atoms with van der Waals surface area (Å²) in [4.78, 5) is 41.1. The largest absolute Gasteiger partial charge is 0.494 e. The molecule has 1 aromatic heterocycles. The predicted molar refractivity (Wildman–Crippen MR) is 163 cm³/mol. The standard InChI is InChI=1S/C31H33N5O7/c1-6-41-26-12-19(5)23(15-22(26)18(3)4)30-34-24-11-9-8-10-21(24)31(38)35(30)33-16-20-13-25(36(39)40)29(43-17-28(32)37)27(14-20)42-7-2/h8-16,18H,6-7,17H2,1-5H3,(H2,32,37). The zero-order valence-electron chi connectivity index (χ0n) is 24.6. The van der Waals surface area contributed by atoms with E-state index in [1.54, 1.807) is 31.2 Å². The minimum atomic E-state index is -0.802. The molecule has 1 heterocycles. The fourth-order valence-corrected chi connectivity index (χ4v) is 4.57. The first-order valence-electron chi connectivity index (χ1n) is 13.8. The molecule has 0 aliphatic heterocycles. The van der Waals surface area contributed by atoms with E-state index in [0.717, 1.165) is 16.9 Å². The molecular formula is C31H33N5O7. The van der Waals surface area contributed by atoms with Crippen LogP contribution in [0.15, 0.2) is 58.4 Å². The summed E-state index contributed by atoms with van der Waals surface area (Å²) in [5.74, 6) is 0.155. The van der Waals surface area contributed by atoms with Crippen LogP contribution < -0.4 is 25.5 Å². The molecule has 12 heteroatoms. The number of rotatable bonds is 12. The number of aryl methyl sites for hydroxylation is 1. The number of carbonyl (C=O) groups excluding carboxylic acids is 1. The van der Waals surface area contributed by atoms with Gasteiger partial charge in [-0.15, -0.1) is 0 Å². The zero-order valence-corrected chi connectivity index (χ0v) is 24.6. The minimum absolute atomic E-state index is 0.0209. The van der Waals surface area contributed by atoms with Crippen LogP contribution in [0.5, 0.6) is 17.2 Å². The fraction of sp³-hybridized carbons (Fsp3) is 0.290. The number of nitrogens with two attached hydrogens (primary N) is 1. The van der Waals surface area contributed by atoms with Gasteiger partial charge in [-0.3, -0.25) is 19.7 Å². The number of nitro benzene ring substituents is 1. The summed E-state index contributed by atoms with van der Waals surface area (Å²) < 4.78 is 17.9. The summed E-state index contributed by atoms with van der Waals surface area (Å²) >= 11 is 0. The highest BCUT2D eigenvalue weighted by Crippen LogP contribution is 2.38. The van der Waals surface area contributed by atoms with E-state index >= 15 is 0 Å². The van der Waals surface area contributed by atoms with Gasteiger partial charge in [0.1, 0.15) is 5.75 Å². The quantitative estimate of drug-likeness (QED) is 0.138. The van der Waals surface area contributed by atoms with Crippen molar-refractivity contribution in [1.29, 1.82) is 0 Å². The maximum Gasteiger partial charge on any atom is 0.315 e. The van der Waals surface area contributed by atoms with E-state index in [1.807, 2.05) is 26.0 Å². The summed E-state index contributed by atoms with van der Waals surface area (Å²) in [6, 6.07) is 13.5. The number of primary amides is 1. The Balaban J connectivity index is 1.94. The predicted octanol–water partition coefficient (Wildman–Crippen LogP) is 4.95. The number of benzene rings is 3. The van der Waals surface area contributed by atoms with Crippen molar-refractivity contribution >= 4 is 28.7 Å². The molecule has 43 heavy (non-hydrogen) atoms. The number of nitrogens with zero attached hydrogens (tertiary/aromatic N) is 4. The molecule has 0 saturated heterocycles. The van der Waals surface area contributed by atoms with Crippen molar-refractivity contribution in [2.45, 2.75) is 40.5 Å². The number of fused-ring (bicyclic) bond motifs is 1. The van der Waals surface area contributed by atoms with E-state index in [2.05, 4.69) is 18.9 Å². The van der Waals surface area contributed by atoms with Gasteiger partial charge in [-0.2, -0.15) is 9.78 Å². The van der Waals surface area contributed by atoms with Gasteiger partial charge in [-0.1, -0.05) is 26.0 Å². The normalized spacial score (nSPS) is 11.3. The van der Waals surface area contributed by atoms with Crippen molar-refractivity contribution in [1.82, 2.24) is 9.66 Å². The molecule has 0 atom stereocenters. The van der Waals surface area contributed by atoms with Crippen LogP contribution in [0.2, 0.25) is 0 Å². The molecule has 224 valence electrons. The summed E-state index contributed by atoms with van der Waals surface area (Å²) in [6.45, 7) is 9.72. The van der Waals surface area contributed by atoms with E-state index in [9.17, 15) is 19.7 Å². The molecule has 4 rings (SSSR count). The van der Waals surface area contributed by atoms with Crippen molar-refractivity contribution in [3.63, 3.8) is 0 Å². The molecule has 0 radical (unpaired) electrons. The minimum Gasteiger partial charge on any atom is -0.494 e. The first-order chi connectivity index (χ1) is 20.5. The van der Waals surface area contributed by atoms with Gasteiger partial charge in [0.05, 0.1) is 35.3 Å². The number of ether oxygens (including phenoxy) is 3. The maximum absolute atomic E-state index is 13.8. The number of hydrogen-bond donors (Lipinski definition) is 1. The Morgan fingerprint density at radius 3 is 2.44 bits per heavy atom. The van der Waals surface area contributed by atoms with Crippen LogP contribution in [0.25, 0.3) is 22.3 Å². The van der Waals surface area contributed by atoms with Crippen molar-refractivity contribution in [2.75, 3.05) is 19.8 Å². The smallest absolute Gasteiger partial charge is 0.315 e. The molecule has 0 spiro atoms. The van der Waals surface area contributed by atoms with Crippen LogP contribution in [-0.4, -0.2) is 46.5 Å². The van der Waals surface area contributed by atoms with Gasteiger partial charge in [-0.25, -0.2) is 4.98 Å². The summed E-state index contributed by atoms with van der Waals surface area (Å²) in [6.07, 6.45) is 1.31. The molecule has 0 saturated carbocycles. The SMILES string of the molecule is CCOc1cc(C)c(-c2nc3ccccc3c(=O)n2N=Cc2cc(OCC)c(OCC(N)=O)c([N+](=O)[O-])c2)cc1C(C)C. The second-order valence-electron chi connectivity index (χ2n) is 9.92. The van der Waals surface area contributed by atoms with Crippen LogP contribution in [0, 0.1) is 17.0 Å². The number of aromatic nitrogens is 2. The first kappa shape index (κ1) is 30.7. The average molecular weight is 588 g/mol. The molecule has 0 aliphatic carbocycles.